The summed E-state index contributed by atoms with van der Waals surface area (Å²) in [6.45, 7) is 3.29. The molecule has 1 saturated heterocycles. The minimum absolute atomic E-state index is 0.0492. The number of aryl methyl sites for hydroxylation is 2. The quantitative estimate of drug-likeness (QED) is 0.584. The molecule has 2 heterocycles. The predicted molar refractivity (Wildman–Crippen MR) is 115 cm³/mol. The van der Waals surface area contributed by atoms with Crippen molar-refractivity contribution in [3.05, 3.63) is 66.1 Å². The Hall–Kier alpha value is -3.04. The molecule has 9 heteroatoms. The van der Waals surface area contributed by atoms with E-state index in [2.05, 4.69) is 10.2 Å². The molecule has 0 radical (unpaired) electrons. The van der Waals surface area contributed by atoms with Crippen molar-refractivity contribution in [2.24, 2.45) is 0 Å². The molecule has 1 fully saturated rings. The number of rotatable bonds is 6. The fraction of sp³-hybridized carbons (Fsp3) is 0.318. The van der Waals surface area contributed by atoms with Crippen LogP contribution >= 0.6 is 0 Å². The van der Waals surface area contributed by atoms with Crippen molar-refractivity contribution in [1.82, 2.24) is 19.4 Å². The van der Waals surface area contributed by atoms with E-state index in [1.54, 1.807) is 35.2 Å². The van der Waals surface area contributed by atoms with E-state index in [0.717, 1.165) is 11.1 Å². The van der Waals surface area contributed by atoms with Gasteiger partial charge in [0, 0.05) is 44.6 Å². The van der Waals surface area contributed by atoms with Crippen LogP contribution in [-0.2, 0) is 21.2 Å². The zero-order valence-electron chi connectivity index (χ0n) is 17.3. The van der Waals surface area contributed by atoms with E-state index in [-0.39, 0.29) is 30.3 Å². The first kappa shape index (κ1) is 21.2. The number of amides is 1. The van der Waals surface area contributed by atoms with Gasteiger partial charge in [-0.3, -0.25) is 4.79 Å². The molecule has 31 heavy (non-hydrogen) atoms. The number of hydrogen-bond donors (Lipinski definition) is 0. The molecule has 1 aliphatic heterocycles. The number of nitrogens with zero attached hydrogens (tertiary/aromatic N) is 4. The molecule has 3 aromatic rings. The molecular weight excluding hydrogens is 416 g/mol. The summed E-state index contributed by atoms with van der Waals surface area (Å²) < 4.78 is 32.5. The van der Waals surface area contributed by atoms with E-state index in [1.165, 1.54) is 4.31 Å². The zero-order chi connectivity index (χ0) is 21.8. The Morgan fingerprint density at radius 2 is 1.65 bits per heavy atom. The minimum atomic E-state index is -3.53. The van der Waals surface area contributed by atoms with Gasteiger partial charge < -0.3 is 9.32 Å². The second-order valence-electron chi connectivity index (χ2n) is 7.46. The molecule has 0 saturated carbocycles. The van der Waals surface area contributed by atoms with Gasteiger partial charge in [0.1, 0.15) is 0 Å². The molecule has 0 bridgehead atoms. The maximum atomic E-state index is 12.7. The number of carbonyl (C=O) groups excluding carboxylic acids is 1. The maximum absolute atomic E-state index is 12.7. The van der Waals surface area contributed by atoms with Gasteiger partial charge in [0.05, 0.1) is 4.90 Å². The van der Waals surface area contributed by atoms with Crippen molar-refractivity contribution in [2.45, 2.75) is 24.7 Å². The average molecular weight is 441 g/mol. The number of benzene rings is 2. The molecule has 162 valence electrons. The standard InChI is InChI=1S/C22H24N4O4S/c1-17-7-9-18(10-8-17)22-24-23-20(30-22)11-12-21(27)25-13-15-26(16-14-25)31(28,29)19-5-3-2-4-6-19/h2-10H,11-16H2,1H3. The first-order chi connectivity index (χ1) is 14.9. The smallest absolute Gasteiger partial charge is 0.247 e. The Labute approximate surface area is 181 Å². The van der Waals surface area contributed by atoms with Gasteiger partial charge in [0.15, 0.2) is 0 Å². The Kier molecular flexibility index (Phi) is 6.15. The maximum Gasteiger partial charge on any atom is 0.247 e. The fourth-order valence-electron chi connectivity index (χ4n) is 3.46. The summed E-state index contributed by atoms with van der Waals surface area (Å²) in [6.07, 6.45) is 0.585. The summed E-state index contributed by atoms with van der Waals surface area (Å²) in [5, 5.41) is 8.09. The highest BCUT2D eigenvalue weighted by Gasteiger charge is 2.30. The van der Waals surface area contributed by atoms with E-state index < -0.39 is 10.0 Å². The van der Waals surface area contributed by atoms with Crippen molar-refractivity contribution in [1.29, 1.82) is 0 Å². The van der Waals surface area contributed by atoms with Crippen LogP contribution in [0.5, 0.6) is 0 Å². The van der Waals surface area contributed by atoms with Crippen molar-refractivity contribution in [3.8, 4) is 11.5 Å². The van der Waals surface area contributed by atoms with Gasteiger partial charge in [-0.15, -0.1) is 10.2 Å². The van der Waals surface area contributed by atoms with Crippen LogP contribution in [0.4, 0.5) is 0 Å². The number of hydrogen-bond acceptors (Lipinski definition) is 6. The van der Waals surface area contributed by atoms with Gasteiger partial charge in [0.25, 0.3) is 0 Å². The van der Waals surface area contributed by atoms with E-state index in [0.29, 0.717) is 31.3 Å². The fourth-order valence-corrected chi connectivity index (χ4v) is 4.90. The van der Waals surface area contributed by atoms with E-state index in [1.807, 2.05) is 31.2 Å². The second kappa shape index (κ2) is 8.99. The third-order valence-electron chi connectivity index (χ3n) is 5.29. The first-order valence-corrected chi connectivity index (χ1v) is 11.6. The van der Waals surface area contributed by atoms with Crippen molar-refractivity contribution in [2.75, 3.05) is 26.2 Å². The lowest BCUT2D eigenvalue weighted by Crippen LogP contribution is -2.50. The molecule has 1 amide bonds. The zero-order valence-corrected chi connectivity index (χ0v) is 18.1. The van der Waals surface area contributed by atoms with Crippen molar-refractivity contribution in [3.63, 3.8) is 0 Å². The normalized spacial score (nSPS) is 15.2. The van der Waals surface area contributed by atoms with Crippen molar-refractivity contribution >= 4 is 15.9 Å². The van der Waals surface area contributed by atoms with Gasteiger partial charge in [-0.2, -0.15) is 4.31 Å². The lowest BCUT2D eigenvalue weighted by atomic mass is 10.1. The molecule has 2 aromatic carbocycles. The molecule has 0 aliphatic carbocycles. The lowest BCUT2D eigenvalue weighted by molar-refractivity contribution is -0.132. The average Bonchev–Trinajstić information content (AvgIpc) is 3.28. The van der Waals surface area contributed by atoms with Crippen LogP contribution in [0.15, 0.2) is 63.9 Å². The summed E-state index contributed by atoms with van der Waals surface area (Å²) in [7, 11) is -3.53. The SMILES string of the molecule is Cc1ccc(-c2nnc(CCC(=O)N3CCN(S(=O)(=O)c4ccccc4)CC3)o2)cc1. The highest BCUT2D eigenvalue weighted by atomic mass is 32.2. The summed E-state index contributed by atoms with van der Waals surface area (Å²) >= 11 is 0. The van der Waals surface area contributed by atoms with E-state index in [4.69, 9.17) is 4.42 Å². The molecule has 8 nitrogen and oxygen atoms in total. The van der Waals surface area contributed by atoms with Gasteiger partial charge in [-0.05, 0) is 31.2 Å². The Morgan fingerprint density at radius 3 is 2.32 bits per heavy atom. The molecule has 0 atom stereocenters. The molecule has 0 spiro atoms. The highest BCUT2D eigenvalue weighted by molar-refractivity contribution is 7.89. The minimum Gasteiger partial charge on any atom is -0.421 e. The van der Waals surface area contributed by atoms with Crippen LogP contribution in [0.1, 0.15) is 17.9 Å². The van der Waals surface area contributed by atoms with Crippen LogP contribution in [0.25, 0.3) is 11.5 Å². The van der Waals surface area contributed by atoms with Gasteiger partial charge in [0.2, 0.25) is 27.7 Å². The largest absolute Gasteiger partial charge is 0.421 e. The molecule has 0 unspecified atom stereocenters. The Bertz CT molecular complexity index is 1140. The van der Waals surface area contributed by atoms with Crippen molar-refractivity contribution < 1.29 is 17.6 Å². The summed E-state index contributed by atoms with van der Waals surface area (Å²) in [5.74, 6) is 0.795. The number of carbonyl (C=O) groups is 1. The summed E-state index contributed by atoms with van der Waals surface area (Å²) in [4.78, 5) is 14.5. The molecule has 1 aromatic heterocycles. The third-order valence-corrected chi connectivity index (χ3v) is 7.20. The van der Waals surface area contributed by atoms with Crippen LogP contribution in [0.3, 0.4) is 0 Å². The number of aromatic nitrogens is 2. The Morgan fingerprint density at radius 1 is 0.968 bits per heavy atom. The Balaban J connectivity index is 1.29. The van der Waals surface area contributed by atoms with Crippen LogP contribution < -0.4 is 0 Å². The first-order valence-electron chi connectivity index (χ1n) is 10.2. The molecule has 0 N–H and O–H groups in total. The monoisotopic (exact) mass is 440 g/mol. The predicted octanol–water partition coefficient (Wildman–Crippen LogP) is 2.51. The molecular formula is C22H24N4O4S. The number of piperazine rings is 1. The lowest BCUT2D eigenvalue weighted by Gasteiger charge is -2.34. The third kappa shape index (κ3) is 4.83. The summed E-state index contributed by atoms with van der Waals surface area (Å²) in [6, 6.07) is 16.1. The highest BCUT2D eigenvalue weighted by Crippen LogP contribution is 2.20. The topological polar surface area (TPSA) is 96.6 Å². The van der Waals surface area contributed by atoms with Gasteiger partial charge in [-0.1, -0.05) is 35.9 Å². The van der Waals surface area contributed by atoms with E-state index in [9.17, 15) is 13.2 Å². The van der Waals surface area contributed by atoms with Crippen LogP contribution in [0, 0.1) is 6.92 Å². The van der Waals surface area contributed by atoms with E-state index >= 15 is 0 Å². The summed E-state index contributed by atoms with van der Waals surface area (Å²) in [5.41, 5.74) is 1.98. The molecule has 4 rings (SSSR count). The number of sulfonamides is 1. The van der Waals surface area contributed by atoms with Gasteiger partial charge in [-0.25, -0.2) is 8.42 Å². The molecule has 1 aliphatic rings. The van der Waals surface area contributed by atoms with Crippen LogP contribution in [0.2, 0.25) is 0 Å². The van der Waals surface area contributed by atoms with Gasteiger partial charge >= 0.3 is 0 Å². The second-order valence-corrected chi connectivity index (χ2v) is 9.40. The van der Waals surface area contributed by atoms with Crippen LogP contribution in [-0.4, -0.2) is 59.9 Å².